The van der Waals surface area contributed by atoms with Crippen LogP contribution in [0.15, 0.2) is 84.2 Å². The topological polar surface area (TPSA) is 148 Å². The summed E-state index contributed by atoms with van der Waals surface area (Å²) in [6.07, 6.45) is 6.92. The molecule has 0 aliphatic carbocycles. The van der Waals surface area contributed by atoms with Gasteiger partial charge in [0.15, 0.2) is 0 Å². The lowest BCUT2D eigenvalue weighted by Crippen LogP contribution is -2.31. The second-order valence-electron chi connectivity index (χ2n) is 10.9. The molecular weight excluding hydrogens is 604 g/mol. The molecule has 234 valence electrons. The zero-order chi connectivity index (χ0) is 31.6. The molecule has 45 heavy (non-hydrogen) atoms. The highest BCUT2D eigenvalue weighted by atomic mass is 32.2. The largest absolute Gasteiger partial charge is 0.381 e. The third kappa shape index (κ3) is 7.10. The number of pyridine rings is 2. The number of nitrogens with one attached hydrogen (secondary N) is 4. The standard InChI is InChI=1S/C30H31F2N9O3S/c1-30(31,32)19-45(43,44)41-13-3-5-25(41)18-40-27-20(14-26(28(40)42)37-23-4-2-11-33-16-23)15-35-29(39-27)38-22-8-6-21(7-9-22)36-24-10-12-34-17-24/h2-9,11,13-16,24,34,36-37H,10,12,17-19H2,1H3,(H,35,38,39). The molecule has 1 unspecified atom stereocenters. The molecule has 6 rings (SSSR count). The number of hydrogen-bond acceptors (Lipinski definition) is 10. The Kier molecular flexibility index (Phi) is 8.20. The van der Waals surface area contributed by atoms with Crippen LogP contribution in [0.5, 0.6) is 0 Å². The van der Waals surface area contributed by atoms with E-state index < -0.39 is 27.3 Å². The number of hydrogen-bond donors (Lipinski definition) is 4. The van der Waals surface area contributed by atoms with Gasteiger partial charge in [-0.25, -0.2) is 26.2 Å². The maximum atomic E-state index is 13.9. The summed E-state index contributed by atoms with van der Waals surface area (Å²) in [6.45, 7) is 2.17. The fourth-order valence-corrected chi connectivity index (χ4v) is 6.70. The molecule has 4 N–H and O–H groups in total. The van der Waals surface area contributed by atoms with E-state index in [2.05, 4.69) is 36.2 Å². The summed E-state index contributed by atoms with van der Waals surface area (Å²) >= 11 is 0. The number of alkyl halides is 2. The predicted octanol–water partition coefficient (Wildman–Crippen LogP) is 4.13. The van der Waals surface area contributed by atoms with Gasteiger partial charge in [0.2, 0.25) is 16.0 Å². The van der Waals surface area contributed by atoms with Gasteiger partial charge in [-0.1, -0.05) is 0 Å². The fraction of sp³-hybridized carbons (Fsp3) is 0.267. The first-order valence-electron chi connectivity index (χ1n) is 14.2. The number of halogens is 2. The lowest BCUT2D eigenvalue weighted by atomic mass is 10.2. The summed E-state index contributed by atoms with van der Waals surface area (Å²) in [5.41, 5.74) is 2.23. The second-order valence-corrected chi connectivity index (χ2v) is 12.8. The van der Waals surface area contributed by atoms with Crippen molar-refractivity contribution < 1.29 is 17.2 Å². The molecule has 12 nitrogen and oxygen atoms in total. The molecule has 0 spiro atoms. The molecule has 0 saturated carbocycles. The molecule has 0 amide bonds. The third-order valence-corrected chi connectivity index (χ3v) is 9.02. The van der Waals surface area contributed by atoms with Crippen LogP contribution < -0.4 is 26.8 Å². The normalized spacial score (nSPS) is 15.3. The second kappa shape index (κ2) is 12.2. The Labute approximate surface area is 257 Å². The average molecular weight is 636 g/mol. The summed E-state index contributed by atoms with van der Waals surface area (Å²) in [6, 6.07) is 16.0. The Morgan fingerprint density at radius 1 is 1.04 bits per heavy atom. The van der Waals surface area contributed by atoms with E-state index in [9.17, 15) is 22.0 Å². The van der Waals surface area contributed by atoms with E-state index in [1.165, 1.54) is 22.9 Å². The smallest absolute Gasteiger partial charge is 0.276 e. The number of nitrogens with zero attached hydrogens (tertiary/aromatic N) is 5. The van der Waals surface area contributed by atoms with Gasteiger partial charge in [-0.15, -0.1) is 0 Å². The van der Waals surface area contributed by atoms with Gasteiger partial charge in [-0.2, -0.15) is 4.98 Å². The first-order valence-corrected chi connectivity index (χ1v) is 15.8. The van der Waals surface area contributed by atoms with E-state index in [4.69, 9.17) is 0 Å². The highest BCUT2D eigenvalue weighted by molar-refractivity contribution is 7.90. The maximum Gasteiger partial charge on any atom is 0.276 e. The molecule has 1 atom stereocenters. The monoisotopic (exact) mass is 635 g/mol. The number of anilines is 5. The Balaban J connectivity index is 1.36. The average Bonchev–Trinajstić information content (AvgIpc) is 3.69. The van der Waals surface area contributed by atoms with Gasteiger partial charge < -0.3 is 21.3 Å². The number of aromatic nitrogens is 5. The van der Waals surface area contributed by atoms with Crippen LogP contribution in [0.4, 0.5) is 37.5 Å². The Hall–Kier alpha value is -4.89. The zero-order valence-corrected chi connectivity index (χ0v) is 25.1. The van der Waals surface area contributed by atoms with Crippen molar-refractivity contribution in [2.45, 2.75) is 31.9 Å². The van der Waals surface area contributed by atoms with Crippen molar-refractivity contribution in [1.29, 1.82) is 0 Å². The minimum atomic E-state index is -4.44. The molecule has 1 aromatic carbocycles. The predicted molar refractivity (Wildman–Crippen MR) is 169 cm³/mol. The summed E-state index contributed by atoms with van der Waals surface area (Å²) in [5, 5.41) is 13.5. The summed E-state index contributed by atoms with van der Waals surface area (Å²) < 4.78 is 55.3. The minimum absolute atomic E-state index is 0.106. The van der Waals surface area contributed by atoms with E-state index in [0.29, 0.717) is 29.7 Å². The molecule has 1 aliphatic heterocycles. The van der Waals surface area contributed by atoms with E-state index >= 15 is 0 Å². The molecule has 1 saturated heterocycles. The van der Waals surface area contributed by atoms with Gasteiger partial charge in [-0.3, -0.25) is 14.3 Å². The molecule has 1 aliphatic rings. The number of benzene rings is 1. The van der Waals surface area contributed by atoms with Crippen molar-refractivity contribution in [2.75, 3.05) is 34.8 Å². The fourth-order valence-electron chi connectivity index (χ4n) is 5.19. The Bertz CT molecular complexity index is 1970. The molecular formula is C30H31F2N9O3S. The quantitative estimate of drug-likeness (QED) is 0.167. The molecule has 0 bridgehead atoms. The first kappa shape index (κ1) is 30.1. The van der Waals surface area contributed by atoms with Crippen LogP contribution >= 0.6 is 0 Å². The van der Waals surface area contributed by atoms with Crippen molar-refractivity contribution in [3.63, 3.8) is 0 Å². The van der Waals surface area contributed by atoms with E-state index in [-0.39, 0.29) is 29.5 Å². The Morgan fingerprint density at radius 2 is 1.84 bits per heavy atom. The van der Waals surface area contributed by atoms with Gasteiger partial charge >= 0.3 is 0 Å². The van der Waals surface area contributed by atoms with Crippen LogP contribution in [-0.4, -0.2) is 62.7 Å². The molecule has 0 radical (unpaired) electrons. The Morgan fingerprint density at radius 3 is 2.56 bits per heavy atom. The van der Waals surface area contributed by atoms with Crippen LogP contribution in [0.3, 0.4) is 0 Å². The van der Waals surface area contributed by atoms with Crippen LogP contribution in [0, 0.1) is 0 Å². The first-order chi connectivity index (χ1) is 21.5. The molecule has 15 heteroatoms. The van der Waals surface area contributed by atoms with Crippen molar-refractivity contribution >= 4 is 49.8 Å². The molecule has 5 aromatic rings. The van der Waals surface area contributed by atoms with Gasteiger partial charge in [0, 0.05) is 54.9 Å². The lowest BCUT2D eigenvalue weighted by molar-refractivity contribution is 0.0471. The summed E-state index contributed by atoms with van der Waals surface area (Å²) in [5.74, 6) is -4.63. The summed E-state index contributed by atoms with van der Waals surface area (Å²) in [4.78, 5) is 27.0. The van der Waals surface area contributed by atoms with Crippen molar-refractivity contribution in [3.8, 4) is 0 Å². The molecule has 1 fully saturated rings. The highest BCUT2D eigenvalue weighted by Crippen LogP contribution is 2.24. The molecule has 4 aromatic heterocycles. The van der Waals surface area contributed by atoms with Gasteiger partial charge in [0.1, 0.15) is 17.1 Å². The third-order valence-electron chi connectivity index (χ3n) is 7.19. The summed E-state index contributed by atoms with van der Waals surface area (Å²) in [7, 11) is -4.44. The van der Waals surface area contributed by atoms with Gasteiger partial charge in [0.05, 0.1) is 24.1 Å². The van der Waals surface area contributed by atoms with E-state index in [0.717, 1.165) is 29.2 Å². The van der Waals surface area contributed by atoms with Crippen LogP contribution in [0.2, 0.25) is 0 Å². The van der Waals surface area contributed by atoms with Crippen LogP contribution in [-0.2, 0) is 16.6 Å². The number of fused-ring (bicyclic) bond motifs is 1. The van der Waals surface area contributed by atoms with Crippen LogP contribution in [0.25, 0.3) is 11.0 Å². The van der Waals surface area contributed by atoms with Crippen molar-refractivity contribution in [3.05, 3.63) is 95.4 Å². The van der Waals surface area contributed by atoms with Crippen molar-refractivity contribution in [2.24, 2.45) is 0 Å². The zero-order valence-electron chi connectivity index (χ0n) is 24.2. The maximum absolute atomic E-state index is 13.9. The SMILES string of the molecule is CC(F)(F)CS(=O)(=O)n1cccc1Cn1c(=O)c(Nc2cccnc2)cc2cnc(Nc3ccc(NC4CCNC4)cc3)nc21. The van der Waals surface area contributed by atoms with Crippen molar-refractivity contribution in [1.82, 2.24) is 28.8 Å². The van der Waals surface area contributed by atoms with Gasteiger partial charge in [0.25, 0.3) is 11.5 Å². The number of rotatable bonds is 11. The highest BCUT2D eigenvalue weighted by Gasteiger charge is 2.32. The van der Waals surface area contributed by atoms with E-state index in [1.807, 2.05) is 24.3 Å². The lowest BCUT2D eigenvalue weighted by Gasteiger charge is -2.17. The van der Waals surface area contributed by atoms with Crippen LogP contribution in [0.1, 0.15) is 19.0 Å². The minimum Gasteiger partial charge on any atom is -0.381 e. The van der Waals surface area contributed by atoms with E-state index in [1.54, 1.807) is 36.8 Å². The van der Waals surface area contributed by atoms with Gasteiger partial charge in [-0.05, 0) is 67.6 Å². The molecule has 5 heterocycles.